The summed E-state index contributed by atoms with van der Waals surface area (Å²) in [6.07, 6.45) is 0. The fourth-order valence-electron chi connectivity index (χ4n) is 1.23. The minimum Gasteiger partial charge on any atom is -0.310 e. The first-order chi connectivity index (χ1) is 7.86. The van der Waals surface area contributed by atoms with Crippen LogP contribution in [0, 0.1) is 0 Å². The van der Waals surface area contributed by atoms with Gasteiger partial charge >= 0.3 is 0 Å². The molecule has 2 aromatic carbocycles. The molecule has 1 atom stereocenters. The Morgan fingerprint density at radius 2 is 1.38 bits per heavy atom. The Morgan fingerprint density at radius 1 is 0.812 bits per heavy atom. The second-order valence-electron chi connectivity index (χ2n) is 3.17. The molecular weight excluding hydrogens is 220 g/mol. The van der Waals surface area contributed by atoms with Gasteiger partial charge in [0.2, 0.25) is 0 Å². The van der Waals surface area contributed by atoms with E-state index in [0.29, 0.717) is 0 Å². The number of nitrogens with one attached hydrogen (secondary N) is 2. The van der Waals surface area contributed by atoms with E-state index >= 15 is 0 Å². The van der Waals surface area contributed by atoms with Gasteiger partial charge in [-0.05, 0) is 24.3 Å². The van der Waals surface area contributed by atoms with Crippen LogP contribution < -0.4 is 10.3 Å². The first-order valence-electron chi connectivity index (χ1n) is 4.90. The lowest BCUT2D eigenvalue weighted by molar-refractivity contribution is 0.677. The lowest BCUT2D eigenvalue weighted by Gasteiger charge is -2.07. The molecule has 0 spiro atoms. The molecule has 0 saturated heterocycles. The Kier molecular flexibility index (Phi) is 3.69. The van der Waals surface area contributed by atoms with Crippen molar-refractivity contribution in [1.82, 2.24) is 4.83 Å². The molecule has 3 nitrogen and oxygen atoms in total. The molecule has 0 fully saturated rings. The Labute approximate surface area is 97.1 Å². The summed E-state index contributed by atoms with van der Waals surface area (Å²) in [6.45, 7) is 0. The summed E-state index contributed by atoms with van der Waals surface area (Å²) < 4.78 is 11.8. The van der Waals surface area contributed by atoms with Crippen LogP contribution in [0.5, 0.6) is 0 Å². The van der Waals surface area contributed by atoms with E-state index in [0.717, 1.165) is 10.6 Å². The predicted molar refractivity (Wildman–Crippen MR) is 66.1 cm³/mol. The minimum atomic E-state index is -1.25. The number of hydrogen-bond acceptors (Lipinski definition) is 2. The molecule has 2 rings (SSSR count). The maximum absolute atomic E-state index is 11.8. The average molecular weight is 232 g/mol. The lowest BCUT2D eigenvalue weighted by Crippen LogP contribution is -2.23. The van der Waals surface area contributed by atoms with Gasteiger partial charge in [0.15, 0.2) is 0 Å². The van der Waals surface area contributed by atoms with Crippen molar-refractivity contribution in [2.75, 3.05) is 5.43 Å². The van der Waals surface area contributed by atoms with Crippen LogP contribution in [0.15, 0.2) is 65.6 Å². The zero-order valence-electron chi connectivity index (χ0n) is 8.59. The van der Waals surface area contributed by atoms with Crippen molar-refractivity contribution >= 4 is 16.7 Å². The number of benzene rings is 2. The maximum Gasteiger partial charge on any atom is 0.143 e. The van der Waals surface area contributed by atoms with Crippen molar-refractivity contribution in [3.63, 3.8) is 0 Å². The van der Waals surface area contributed by atoms with Crippen molar-refractivity contribution in [1.29, 1.82) is 0 Å². The SMILES string of the molecule is O=S(NNc1ccccc1)c1ccccc1. The normalized spacial score (nSPS) is 12.0. The van der Waals surface area contributed by atoms with E-state index in [1.54, 1.807) is 0 Å². The first-order valence-corrected chi connectivity index (χ1v) is 6.05. The van der Waals surface area contributed by atoms with Gasteiger partial charge in [-0.25, -0.2) is 4.21 Å². The van der Waals surface area contributed by atoms with Gasteiger partial charge in [-0.1, -0.05) is 36.4 Å². The predicted octanol–water partition coefficient (Wildman–Crippen LogP) is 2.33. The highest BCUT2D eigenvalue weighted by Crippen LogP contribution is 2.06. The summed E-state index contributed by atoms with van der Waals surface area (Å²) in [4.78, 5) is 3.48. The second-order valence-corrected chi connectivity index (χ2v) is 4.39. The van der Waals surface area contributed by atoms with Gasteiger partial charge in [0.05, 0.1) is 4.90 Å². The molecule has 0 aliphatic rings. The molecule has 0 saturated carbocycles. The van der Waals surface area contributed by atoms with Crippen molar-refractivity contribution < 1.29 is 4.21 Å². The average Bonchev–Trinajstić information content (AvgIpc) is 2.38. The summed E-state index contributed by atoms with van der Waals surface area (Å²) in [5, 5.41) is 0. The molecule has 0 heterocycles. The topological polar surface area (TPSA) is 41.1 Å². The van der Waals surface area contributed by atoms with E-state index in [2.05, 4.69) is 10.3 Å². The van der Waals surface area contributed by atoms with Crippen LogP contribution in [0.25, 0.3) is 0 Å². The van der Waals surface area contributed by atoms with Crippen LogP contribution in [0.1, 0.15) is 0 Å². The van der Waals surface area contributed by atoms with Gasteiger partial charge in [0.1, 0.15) is 11.0 Å². The first kappa shape index (κ1) is 10.9. The fourth-order valence-corrected chi connectivity index (χ4v) is 1.96. The smallest absolute Gasteiger partial charge is 0.143 e. The Balaban J connectivity index is 1.95. The maximum atomic E-state index is 11.8. The van der Waals surface area contributed by atoms with E-state index in [4.69, 9.17) is 0 Å². The van der Waals surface area contributed by atoms with Crippen molar-refractivity contribution in [3.8, 4) is 0 Å². The zero-order chi connectivity index (χ0) is 11.2. The molecule has 1 unspecified atom stereocenters. The van der Waals surface area contributed by atoms with Gasteiger partial charge in [-0.3, -0.25) is 0 Å². The third kappa shape index (κ3) is 2.92. The number of hydrogen-bond donors (Lipinski definition) is 2. The molecule has 0 bridgehead atoms. The fraction of sp³-hybridized carbons (Fsp3) is 0. The quantitative estimate of drug-likeness (QED) is 0.794. The van der Waals surface area contributed by atoms with E-state index in [-0.39, 0.29) is 0 Å². The van der Waals surface area contributed by atoms with E-state index in [9.17, 15) is 4.21 Å². The van der Waals surface area contributed by atoms with Gasteiger partial charge in [-0.2, -0.15) is 0 Å². The van der Waals surface area contributed by atoms with E-state index in [1.165, 1.54) is 0 Å². The van der Waals surface area contributed by atoms with Crippen LogP contribution >= 0.6 is 0 Å². The lowest BCUT2D eigenvalue weighted by atomic mass is 10.3. The summed E-state index contributed by atoms with van der Waals surface area (Å²) in [5.41, 5.74) is 3.77. The Bertz CT molecular complexity index is 459. The number of anilines is 1. The highest BCUT2D eigenvalue weighted by Gasteiger charge is 2.00. The minimum absolute atomic E-state index is 0.742. The molecule has 0 aliphatic carbocycles. The molecule has 2 aromatic rings. The van der Waals surface area contributed by atoms with Gasteiger partial charge in [-0.15, -0.1) is 4.83 Å². The summed E-state index contributed by atoms with van der Waals surface area (Å²) >= 11 is 0. The number of hydrazine groups is 1. The molecule has 0 aromatic heterocycles. The van der Waals surface area contributed by atoms with Crippen molar-refractivity contribution in [2.45, 2.75) is 4.90 Å². The highest BCUT2D eigenvalue weighted by atomic mass is 32.2. The third-order valence-electron chi connectivity index (χ3n) is 2.02. The monoisotopic (exact) mass is 232 g/mol. The largest absolute Gasteiger partial charge is 0.310 e. The molecule has 0 aliphatic heterocycles. The van der Waals surface area contributed by atoms with E-state index < -0.39 is 11.0 Å². The number of para-hydroxylation sites is 1. The summed E-state index contributed by atoms with van der Waals surface area (Å²) in [7, 11) is -1.25. The van der Waals surface area contributed by atoms with Crippen LogP contribution in [0.4, 0.5) is 5.69 Å². The van der Waals surface area contributed by atoms with Gasteiger partial charge in [0.25, 0.3) is 0 Å². The second kappa shape index (κ2) is 5.44. The van der Waals surface area contributed by atoms with Crippen LogP contribution in [-0.4, -0.2) is 4.21 Å². The molecule has 82 valence electrons. The van der Waals surface area contributed by atoms with E-state index in [1.807, 2.05) is 60.7 Å². The Morgan fingerprint density at radius 3 is 2.00 bits per heavy atom. The highest BCUT2D eigenvalue weighted by molar-refractivity contribution is 7.83. The molecular formula is C12H12N2OS. The Hall–Kier alpha value is -1.65. The molecule has 2 N–H and O–H groups in total. The summed E-state index contributed by atoms with van der Waals surface area (Å²) in [6, 6.07) is 18.8. The zero-order valence-corrected chi connectivity index (χ0v) is 9.41. The molecule has 0 radical (unpaired) electrons. The van der Waals surface area contributed by atoms with Crippen LogP contribution in [0.3, 0.4) is 0 Å². The standard InChI is InChI=1S/C12H12N2OS/c15-16(12-9-5-2-6-10-12)14-13-11-7-3-1-4-8-11/h1-10,13-14H. The number of rotatable bonds is 4. The van der Waals surface area contributed by atoms with Crippen LogP contribution in [0.2, 0.25) is 0 Å². The van der Waals surface area contributed by atoms with Crippen molar-refractivity contribution in [3.05, 3.63) is 60.7 Å². The summed E-state index contributed by atoms with van der Waals surface area (Å²) in [5.74, 6) is 0. The molecule has 4 heteroatoms. The van der Waals surface area contributed by atoms with Crippen LogP contribution in [-0.2, 0) is 11.0 Å². The molecule has 0 amide bonds. The van der Waals surface area contributed by atoms with Crippen molar-refractivity contribution in [2.24, 2.45) is 0 Å². The van der Waals surface area contributed by atoms with Gasteiger partial charge < -0.3 is 5.43 Å². The third-order valence-corrected chi connectivity index (χ3v) is 3.01. The van der Waals surface area contributed by atoms with Gasteiger partial charge in [0, 0.05) is 5.69 Å². The molecule has 16 heavy (non-hydrogen) atoms.